The second-order valence-electron chi connectivity index (χ2n) is 2.72. The van der Waals surface area contributed by atoms with Crippen LogP contribution in [-0.4, -0.2) is 15.8 Å². The zero-order valence-corrected chi connectivity index (χ0v) is 7.57. The molecule has 16 heavy (non-hydrogen) atoms. The van der Waals surface area contributed by atoms with Crippen molar-refractivity contribution in [3.63, 3.8) is 0 Å². The Morgan fingerprint density at radius 1 is 1.56 bits per heavy atom. The van der Waals surface area contributed by atoms with Gasteiger partial charge in [-0.2, -0.15) is 0 Å². The molecule has 1 rings (SSSR count). The molecule has 0 saturated carbocycles. The largest absolute Gasteiger partial charge is 0.365 e. The molecule has 0 aliphatic carbocycles. The summed E-state index contributed by atoms with van der Waals surface area (Å²) in [6.07, 6.45) is -2.74. The minimum Gasteiger partial charge on any atom is -0.365 e. The van der Waals surface area contributed by atoms with Gasteiger partial charge in [0.2, 0.25) is 0 Å². The number of hydrogen-bond donors (Lipinski definition) is 2. The number of carbonyl (C=O) groups is 1. The van der Waals surface area contributed by atoms with Crippen LogP contribution < -0.4 is 11.3 Å². The van der Waals surface area contributed by atoms with E-state index in [2.05, 4.69) is 0 Å². The van der Waals surface area contributed by atoms with Crippen molar-refractivity contribution in [2.45, 2.75) is 6.43 Å². The SMILES string of the molecule is NC(=O)c1c[nH]c(=O)c(C(F)F)c1[N+](=O)[O-]. The number of alkyl halides is 2. The van der Waals surface area contributed by atoms with Gasteiger partial charge in [-0.1, -0.05) is 0 Å². The second-order valence-corrected chi connectivity index (χ2v) is 2.72. The Hall–Kier alpha value is -2.32. The van der Waals surface area contributed by atoms with Crippen molar-refractivity contribution in [3.05, 3.63) is 37.8 Å². The maximum Gasteiger partial charge on any atom is 0.298 e. The van der Waals surface area contributed by atoms with Crippen LogP contribution in [0.5, 0.6) is 0 Å². The molecule has 0 atom stereocenters. The number of halogens is 2. The van der Waals surface area contributed by atoms with Crippen LogP contribution in [0.15, 0.2) is 11.0 Å². The van der Waals surface area contributed by atoms with Crippen molar-refractivity contribution in [3.8, 4) is 0 Å². The lowest BCUT2D eigenvalue weighted by Gasteiger charge is -2.03. The lowest BCUT2D eigenvalue weighted by atomic mass is 10.1. The number of aromatic amines is 1. The van der Waals surface area contributed by atoms with Crippen LogP contribution in [0.3, 0.4) is 0 Å². The van der Waals surface area contributed by atoms with E-state index >= 15 is 0 Å². The first-order valence-electron chi connectivity index (χ1n) is 3.84. The van der Waals surface area contributed by atoms with Crippen LogP contribution in [0.25, 0.3) is 0 Å². The second kappa shape index (κ2) is 4.04. The van der Waals surface area contributed by atoms with E-state index in [9.17, 15) is 28.5 Å². The molecule has 0 radical (unpaired) electrons. The predicted molar refractivity (Wildman–Crippen MR) is 47.2 cm³/mol. The molecule has 0 fully saturated rings. The van der Waals surface area contributed by atoms with Crippen molar-refractivity contribution in [2.24, 2.45) is 5.73 Å². The minimum atomic E-state index is -3.37. The van der Waals surface area contributed by atoms with Gasteiger partial charge in [-0.3, -0.25) is 19.7 Å². The third-order valence-electron chi connectivity index (χ3n) is 1.77. The van der Waals surface area contributed by atoms with Crippen LogP contribution in [0.1, 0.15) is 22.3 Å². The van der Waals surface area contributed by atoms with Crippen molar-refractivity contribution in [2.75, 3.05) is 0 Å². The van der Waals surface area contributed by atoms with Gasteiger partial charge in [0.25, 0.3) is 23.6 Å². The fraction of sp³-hybridized carbons (Fsp3) is 0.143. The molecule has 9 heteroatoms. The van der Waals surface area contributed by atoms with E-state index in [1.165, 1.54) is 0 Å². The zero-order valence-electron chi connectivity index (χ0n) is 7.57. The summed E-state index contributed by atoms with van der Waals surface area (Å²) in [5.41, 5.74) is 0.0381. The standard InChI is InChI=1S/C7H5F2N3O4/c8-5(9)3-4(12(15)16)2(6(10)13)1-11-7(3)14/h1,5H,(H2,10,13)(H,11,14). The number of nitrogens with one attached hydrogen (secondary N) is 1. The summed E-state index contributed by atoms with van der Waals surface area (Å²) in [5.74, 6) is -1.27. The maximum atomic E-state index is 12.4. The number of nitro groups is 1. The Labute approximate surface area is 86.0 Å². The van der Waals surface area contributed by atoms with Gasteiger partial charge in [0.05, 0.1) is 4.92 Å². The molecule has 0 saturated heterocycles. The Balaban J connectivity index is 3.70. The normalized spacial score (nSPS) is 10.4. The highest BCUT2D eigenvalue weighted by Gasteiger charge is 2.31. The molecule has 1 heterocycles. The van der Waals surface area contributed by atoms with E-state index in [4.69, 9.17) is 5.73 Å². The third kappa shape index (κ3) is 1.87. The molecule has 1 aromatic rings. The Morgan fingerprint density at radius 2 is 2.12 bits per heavy atom. The van der Waals surface area contributed by atoms with Gasteiger partial charge < -0.3 is 10.7 Å². The van der Waals surface area contributed by atoms with Gasteiger partial charge in [-0.05, 0) is 0 Å². The van der Waals surface area contributed by atoms with E-state index in [0.29, 0.717) is 6.20 Å². The van der Waals surface area contributed by atoms with E-state index in [1.807, 2.05) is 0 Å². The fourth-order valence-corrected chi connectivity index (χ4v) is 1.12. The molecule has 0 spiro atoms. The number of rotatable bonds is 3. The zero-order chi connectivity index (χ0) is 12.5. The van der Waals surface area contributed by atoms with Crippen molar-refractivity contribution >= 4 is 11.6 Å². The molecular weight excluding hydrogens is 228 g/mol. The van der Waals surface area contributed by atoms with E-state index in [-0.39, 0.29) is 0 Å². The number of hydrogen-bond acceptors (Lipinski definition) is 4. The highest BCUT2D eigenvalue weighted by molar-refractivity contribution is 5.97. The van der Waals surface area contributed by atoms with Crippen molar-refractivity contribution in [1.29, 1.82) is 0 Å². The van der Waals surface area contributed by atoms with Crippen molar-refractivity contribution < 1.29 is 18.5 Å². The van der Waals surface area contributed by atoms with Crippen LogP contribution >= 0.6 is 0 Å². The monoisotopic (exact) mass is 233 g/mol. The van der Waals surface area contributed by atoms with E-state index < -0.39 is 39.6 Å². The van der Waals surface area contributed by atoms with E-state index in [0.717, 1.165) is 0 Å². The number of nitrogens with zero attached hydrogens (tertiary/aromatic N) is 1. The molecular formula is C7H5F2N3O4. The summed E-state index contributed by atoms with van der Waals surface area (Å²) in [5, 5.41) is 10.5. The van der Waals surface area contributed by atoms with Gasteiger partial charge in [0, 0.05) is 6.20 Å². The first-order chi connectivity index (χ1) is 7.36. The number of primary amides is 1. The highest BCUT2D eigenvalue weighted by Crippen LogP contribution is 2.27. The Morgan fingerprint density at radius 3 is 2.50 bits per heavy atom. The summed E-state index contributed by atoms with van der Waals surface area (Å²) in [7, 11) is 0. The van der Waals surface area contributed by atoms with Crippen molar-refractivity contribution in [1.82, 2.24) is 4.98 Å². The molecule has 0 aromatic carbocycles. The van der Waals surface area contributed by atoms with Gasteiger partial charge in [-0.25, -0.2) is 8.78 Å². The summed E-state index contributed by atoms with van der Waals surface area (Å²) in [6, 6.07) is 0. The van der Waals surface area contributed by atoms with Gasteiger partial charge in [0.15, 0.2) is 5.56 Å². The topological polar surface area (TPSA) is 119 Å². The molecule has 86 valence electrons. The first kappa shape index (κ1) is 11.8. The lowest BCUT2D eigenvalue weighted by Crippen LogP contribution is -2.22. The quantitative estimate of drug-likeness (QED) is 0.576. The number of amides is 1. The van der Waals surface area contributed by atoms with Crippen LogP contribution in [0.2, 0.25) is 0 Å². The molecule has 7 nitrogen and oxygen atoms in total. The van der Waals surface area contributed by atoms with Crippen LogP contribution in [0.4, 0.5) is 14.5 Å². The fourth-order valence-electron chi connectivity index (χ4n) is 1.12. The summed E-state index contributed by atoms with van der Waals surface area (Å²) in [6.45, 7) is 0. The summed E-state index contributed by atoms with van der Waals surface area (Å²) in [4.78, 5) is 32.8. The number of pyridine rings is 1. The smallest absolute Gasteiger partial charge is 0.298 e. The van der Waals surface area contributed by atoms with Gasteiger partial charge in [-0.15, -0.1) is 0 Å². The Bertz CT molecular complexity index is 511. The molecule has 0 aliphatic heterocycles. The van der Waals surface area contributed by atoms with E-state index in [1.54, 1.807) is 4.98 Å². The number of aromatic nitrogens is 1. The molecule has 0 aliphatic rings. The van der Waals surface area contributed by atoms with Crippen LogP contribution in [0, 0.1) is 10.1 Å². The third-order valence-corrected chi connectivity index (χ3v) is 1.77. The predicted octanol–water partition coefficient (Wildman–Crippen LogP) is 0.320. The Kier molecular flexibility index (Phi) is 2.97. The van der Waals surface area contributed by atoms with Gasteiger partial charge >= 0.3 is 0 Å². The maximum absolute atomic E-state index is 12.4. The number of nitrogens with two attached hydrogens (primary N) is 1. The average molecular weight is 233 g/mol. The summed E-state index contributed by atoms with van der Waals surface area (Å²) >= 11 is 0. The number of H-pyrrole nitrogens is 1. The first-order valence-corrected chi connectivity index (χ1v) is 3.84. The lowest BCUT2D eigenvalue weighted by molar-refractivity contribution is -0.386. The highest BCUT2D eigenvalue weighted by atomic mass is 19.3. The molecule has 0 unspecified atom stereocenters. The molecule has 0 bridgehead atoms. The van der Waals surface area contributed by atoms with Crippen LogP contribution in [-0.2, 0) is 0 Å². The van der Waals surface area contributed by atoms with Gasteiger partial charge in [0.1, 0.15) is 5.56 Å². The number of carbonyl (C=O) groups excluding carboxylic acids is 1. The molecule has 3 N–H and O–H groups in total. The minimum absolute atomic E-state index is 0.634. The average Bonchev–Trinajstić information content (AvgIpc) is 2.15. The molecule has 1 aromatic heterocycles. The summed E-state index contributed by atoms with van der Waals surface area (Å²) < 4.78 is 24.8. The molecule has 1 amide bonds.